The average molecular weight is 332 g/mol. The first-order valence-electron chi connectivity index (χ1n) is 8.08. The molecule has 2 nitrogen and oxygen atoms in total. The molecule has 0 aliphatic carbocycles. The normalized spacial score (nSPS) is 16.7. The smallest absolute Gasteiger partial charge is 0.133 e. The summed E-state index contributed by atoms with van der Waals surface area (Å²) in [5.41, 5.74) is 5.53. The van der Waals surface area contributed by atoms with Gasteiger partial charge in [0.15, 0.2) is 0 Å². The Hall–Kier alpha value is -2.57. The van der Waals surface area contributed by atoms with Gasteiger partial charge in [0.25, 0.3) is 0 Å². The van der Waals surface area contributed by atoms with Crippen LogP contribution in [-0.2, 0) is 6.54 Å². The van der Waals surface area contributed by atoms with Gasteiger partial charge in [-0.3, -0.25) is 4.99 Å². The zero-order valence-corrected chi connectivity index (χ0v) is 14.8. The Morgan fingerprint density at radius 1 is 1.17 bits per heavy atom. The fourth-order valence-electron chi connectivity index (χ4n) is 2.36. The molecule has 1 aromatic heterocycles. The molecular formula is C21H20N2S. The van der Waals surface area contributed by atoms with Gasteiger partial charge in [0.05, 0.1) is 12.2 Å². The molecule has 0 unspecified atom stereocenters. The van der Waals surface area contributed by atoms with E-state index in [1.54, 1.807) is 11.3 Å². The second-order valence-electron chi connectivity index (χ2n) is 5.66. The van der Waals surface area contributed by atoms with Gasteiger partial charge in [-0.2, -0.15) is 11.3 Å². The number of allylic oxidation sites excluding steroid dienone is 2. The topological polar surface area (TPSA) is 24.4 Å². The van der Waals surface area contributed by atoms with Crippen LogP contribution in [0.1, 0.15) is 30.0 Å². The van der Waals surface area contributed by atoms with Crippen molar-refractivity contribution in [1.82, 2.24) is 5.32 Å². The lowest BCUT2D eigenvalue weighted by Gasteiger charge is -2.01. The van der Waals surface area contributed by atoms with Crippen molar-refractivity contribution < 1.29 is 0 Å². The van der Waals surface area contributed by atoms with Crippen LogP contribution in [0.5, 0.6) is 0 Å². The number of hydrogen-bond acceptors (Lipinski definition) is 2. The van der Waals surface area contributed by atoms with Crippen molar-refractivity contribution in [2.75, 3.05) is 0 Å². The largest absolute Gasteiger partial charge is 0.333 e. The molecule has 3 heteroatoms. The van der Waals surface area contributed by atoms with E-state index in [4.69, 9.17) is 4.99 Å². The highest BCUT2D eigenvalue weighted by Gasteiger charge is 2.14. The second-order valence-corrected chi connectivity index (χ2v) is 6.44. The van der Waals surface area contributed by atoms with Crippen LogP contribution in [0.15, 0.2) is 69.5 Å². The molecule has 1 aliphatic heterocycles. The zero-order valence-electron chi connectivity index (χ0n) is 14.0. The molecule has 24 heavy (non-hydrogen) atoms. The summed E-state index contributed by atoms with van der Waals surface area (Å²) in [7, 11) is 0. The van der Waals surface area contributed by atoms with Gasteiger partial charge in [-0.1, -0.05) is 36.6 Å². The summed E-state index contributed by atoms with van der Waals surface area (Å²) in [6, 6.07) is 10.4. The maximum absolute atomic E-state index is 4.71. The minimum absolute atomic E-state index is 0.694. The lowest BCUT2D eigenvalue weighted by Crippen LogP contribution is -2.17. The number of amidine groups is 1. The first kappa shape index (κ1) is 16.3. The summed E-state index contributed by atoms with van der Waals surface area (Å²) in [5.74, 6) is 7.33. The maximum Gasteiger partial charge on any atom is 0.133 e. The van der Waals surface area contributed by atoms with Gasteiger partial charge < -0.3 is 5.32 Å². The molecule has 1 aromatic carbocycles. The maximum atomic E-state index is 4.71. The predicted octanol–water partition coefficient (Wildman–Crippen LogP) is 4.83. The first-order valence-corrected chi connectivity index (χ1v) is 9.02. The van der Waals surface area contributed by atoms with Crippen molar-refractivity contribution in [2.24, 2.45) is 4.99 Å². The molecule has 0 bridgehead atoms. The Bertz CT molecular complexity index is 841. The minimum Gasteiger partial charge on any atom is -0.333 e. The minimum atomic E-state index is 0.694. The molecule has 0 saturated heterocycles. The van der Waals surface area contributed by atoms with E-state index in [0.717, 1.165) is 29.1 Å². The lowest BCUT2D eigenvalue weighted by molar-refractivity contribution is 1.05. The van der Waals surface area contributed by atoms with E-state index in [0.29, 0.717) is 6.54 Å². The SMILES string of the molecule is CC/C=C1/C=C(C#Cc2ccc(C)cc2)NC1=NCc1ccsc1. The van der Waals surface area contributed by atoms with Gasteiger partial charge in [0.1, 0.15) is 5.84 Å². The fraction of sp³-hybridized carbons (Fsp3) is 0.190. The number of rotatable bonds is 3. The van der Waals surface area contributed by atoms with Crippen LogP contribution in [0.3, 0.4) is 0 Å². The summed E-state index contributed by atoms with van der Waals surface area (Å²) in [4.78, 5) is 4.71. The molecule has 0 amide bonds. The quantitative estimate of drug-likeness (QED) is 0.800. The van der Waals surface area contributed by atoms with Crippen LogP contribution in [0.25, 0.3) is 0 Å². The number of aryl methyl sites for hydroxylation is 1. The fourth-order valence-corrected chi connectivity index (χ4v) is 3.02. The second kappa shape index (κ2) is 7.81. The lowest BCUT2D eigenvalue weighted by atomic mass is 10.1. The Morgan fingerprint density at radius 3 is 2.71 bits per heavy atom. The van der Waals surface area contributed by atoms with E-state index in [2.05, 4.69) is 72.1 Å². The molecule has 0 saturated carbocycles. The van der Waals surface area contributed by atoms with E-state index in [1.807, 2.05) is 12.1 Å². The first-order chi connectivity index (χ1) is 11.7. The van der Waals surface area contributed by atoms with Crippen LogP contribution in [0.4, 0.5) is 0 Å². The van der Waals surface area contributed by atoms with E-state index < -0.39 is 0 Å². The number of nitrogens with one attached hydrogen (secondary N) is 1. The number of aliphatic imine (C=N–C) groups is 1. The molecule has 120 valence electrons. The Balaban J connectivity index is 1.76. The molecule has 3 rings (SSSR count). The van der Waals surface area contributed by atoms with Crippen molar-refractivity contribution in [3.8, 4) is 11.8 Å². The molecule has 0 radical (unpaired) electrons. The summed E-state index contributed by atoms with van der Waals surface area (Å²) >= 11 is 1.70. The molecule has 0 atom stereocenters. The van der Waals surface area contributed by atoms with Gasteiger partial charge in [0.2, 0.25) is 0 Å². The number of nitrogens with zero attached hydrogens (tertiary/aromatic N) is 1. The van der Waals surface area contributed by atoms with Crippen LogP contribution < -0.4 is 5.32 Å². The Labute approximate surface area is 147 Å². The van der Waals surface area contributed by atoms with E-state index >= 15 is 0 Å². The number of thiophene rings is 1. The van der Waals surface area contributed by atoms with Crippen molar-refractivity contribution in [1.29, 1.82) is 0 Å². The Kier molecular flexibility index (Phi) is 5.30. The molecule has 0 spiro atoms. The summed E-state index contributed by atoms with van der Waals surface area (Å²) in [5, 5.41) is 7.56. The van der Waals surface area contributed by atoms with Gasteiger partial charge in [-0.15, -0.1) is 0 Å². The zero-order chi connectivity index (χ0) is 16.8. The highest BCUT2D eigenvalue weighted by atomic mass is 32.1. The molecule has 1 N–H and O–H groups in total. The summed E-state index contributed by atoms with van der Waals surface area (Å²) in [6.45, 7) is 4.91. The standard InChI is InChI=1S/C21H20N2S/c1-3-4-19-13-20(10-9-17-7-5-16(2)6-8-17)23-21(19)22-14-18-11-12-24-15-18/h4-8,11-13,15H,3,14H2,1-2H3,(H,22,23)/b19-4-. The highest BCUT2D eigenvalue weighted by Crippen LogP contribution is 2.15. The van der Waals surface area contributed by atoms with Gasteiger partial charge in [-0.25, -0.2) is 0 Å². The number of hydrogen-bond donors (Lipinski definition) is 1. The average Bonchev–Trinajstić information content (AvgIpc) is 3.23. The van der Waals surface area contributed by atoms with E-state index in [9.17, 15) is 0 Å². The summed E-state index contributed by atoms with van der Waals surface area (Å²) < 4.78 is 0. The third-order valence-corrected chi connectivity index (χ3v) is 4.38. The number of benzene rings is 1. The van der Waals surface area contributed by atoms with Crippen molar-refractivity contribution in [3.63, 3.8) is 0 Å². The van der Waals surface area contributed by atoms with Gasteiger partial charge in [0, 0.05) is 11.1 Å². The third-order valence-electron chi connectivity index (χ3n) is 3.64. The predicted molar refractivity (Wildman–Crippen MR) is 103 cm³/mol. The molecule has 1 aliphatic rings. The van der Waals surface area contributed by atoms with Crippen LogP contribution >= 0.6 is 11.3 Å². The molecule has 0 fully saturated rings. The van der Waals surface area contributed by atoms with Crippen LogP contribution in [0, 0.1) is 18.8 Å². The Morgan fingerprint density at radius 2 is 2.00 bits per heavy atom. The molecule has 2 heterocycles. The van der Waals surface area contributed by atoms with Crippen molar-refractivity contribution >= 4 is 17.2 Å². The summed E-state index contributed by atoms with van der Waals surface area (Å²) in [6.07, 6.45) is 5.24. The van der Waals surface area contributed by atoms with Crippen molar-refractivity contribution in [3.05, 3.63) is 81.2 Å². The van der Waals surface area contributed by atoms with E-state index in [-0.39, 0.29) is 0 Å². The van der Waals surface area contributed by atoms with E-state index in [1.165, 1.54) is 11.1 Å². The van der Waals surface area contributed by atoms with Gasteiger partial charge in [-0.05, 0) is 59.9 Å². The van der Waals surface area contributed by atoms with Gasteiger partial charge >= 0.3 is 0 Å². The van der Waals surface area contributed by atoms with Crippen LogP contribution in [0.2, 0.25) is 0 Å². The molecular weight excluding hydrogens is 312 g/mol. The highest BCUT2D eigenvalue weighted by molar-refractivity contribution is 7.07. The van der Waals surface area contributed by atoms with Crippen LogP contribution in [-0.4, -0.2) is 5.84 Å². The molecule has 2 aromatic rings. The van der Waals surface area contributed by atoms with Crippen molar-refractivity contribution in [2.45, 2.75) is 26.8 Å². The monoisotopic (exact) mass is 332 g/mol. The third kappa shape index (κ3) is 4.24.